The molecule has 38 heavy (non-hydrogen) atoms. The highest BCUT2D eigenvalue weighted by molar-refractivity contribution is 7.16. The molecular formula is C25H20Cl2N6O4S. The Hall–Kier alpha value is -3.80. The molecule has 0 atom stereocenters. The molecule has 10 nitrogen and oxygen atoms in total. The summed E-state index contributed by atoms with van der Waals surface area (Å²) in [5.41, 5.74) is 3.15. The van der Waals surface area contributed by atoms with Crippen molar-refractivity contribution in [3.05, 3.63) is 74.4 Å². The van der Waals surface area contributed by atoms with Crippen LogP contribution < -0.4 is 14.8 Å². The molecule has 13 heteroatoms. The normalized spacial score (nSPS) is 12.3. The summed E-state index contributed by atoms with van der Waals surface area (Å²) >= 11 is 13.5. The molecule has 4 aromatic rings. The second-order valence-corrected chi connectivity index (χ2v) is 10.2. The molecule has 1 aliphatic heterocycles. The average molecular weight is 571 g/mol. The zero-order chi connectivity index (χ0) is 27.0. The van der Waals surface area contributed by atoms with E-state index in [4.69, 9.17) is 32.7 Å². The van der Waals surface area contributed by atoms with Crippen molar-refractivity contribution >= 4 is 51.5 Å². The Balaban J connectivity index is 1.35. The van der Waals surface area contributed by atoms with Crippen LogP contribution in [0.2, 0.25) is 10.2 Å². The van der Waals surface area contributed by atoms with Crippen LogP contribution in [-0.4, -0.2) is 50.9 Å². The third kappa shape index (κ3) is 5.13. The van der Waals surface area contributed by atoms with Gasteiger partial charge < -0.3 is 14.4 Å². The molecular weight excluding hydrogens is 551 g/mol. The lowest BCUT2D eigenvalue weighted by atomic mass is 10.0. The fraction of sp³-hybridized carbons (Fsp3) is 0.200. The van der Waals surface area contributed by atoms with Gasteiger partial charge in [-0.05, 0) is 25.1 Å². The SMILES string of the molecule is COc1cc(Cl)cc(C(=O)N2Cc3nc(NC(=O)c4cnc(C)cc4-c4cc(Cl)ncc4OC)sc3C2)n1. The van der Waals surface area contributed by atoms with E-state index in [1.807, 2.05) is 6.92 Å². The van der Waals surface area contributed by atoms with Gasteiger partial charge in [-0.25, -0.2) is 15.0 Å². The number of hydrogen-bond donors (Lipinski definition) is 1. The zero-order valence-corrected chi connectivity index (χ0v) is 22.7. The first-order chi connectivity index (χ1) is 18.2. The maximum Gasteiger partial charge on any atom is 0.273 e. The maximum absolute atomic E-state index is 13.3. The van der Waals surface area contributed by atoms with Crippen LogP contribution in [0.4, 0.5) is 5.13 Å². The molecule has 0 bridgehead atoms. The second kappa shape index (κ2) is 10.5. The summed E-state index contributed by atoms with van der Waals surface area (Å²) in [7, 11) is 2.98. The molecule has 5 rings (SSSR count). The van der Waals surface area contributed by atoms with Gasteiger partial charge in [-0.1, -0.05) is 34.5 Å². The van der Waals surface area contributed by atoms with Crippen molar-refractivity contribution in [2.75, 3.05) is 19.5 Å². The van der Waals surface area contributed by atoms with Gasteiger partial charge in [0.15, 0.2) is 5.13 Å². The van der Waals surface area contributed by atoms with Gasteiger partial charge in [0, 0.05) is 34.1 Å². The second-order valence-electron chi connectivity index (χ2n) is 8.30. The molecule has 1 N–H and O–H groups in total. The van der Waals surface area contributed by atoms with Crippen molar-refractivity contribution in [3.63, 3.8) is 0 Å². The minimum atomic E-state index is -0.391. The number of methoxy groups -OCH3 is 2. The number of ether oxygens (including phenoxy) is 2. The monoisotopic (exact) mass is 570 g/mol. The molecule has 4 aromatic heterocycles. The van der Waals surface area contributed by atoms with E-state index in [-0.39, 0.29) is 29.2 Å². The van der Waals surface area contributed by atoms with E-state index in [1.165, 1.54) is 50.1 Å². The minimum Gasteiger partial charge on any atom is -0.494 e. The Labute approximate surface area is 231 Å². The number of fused-ring (bicyclic) bond motifs is 1. The third-order valence-corrected chi connectivity index (χ3v) is 7.21. The van der Waals surface area contributed by atoms with Crippen LogP contribution in [0.3, 0.4) is 0 Å². The molecule has 0 fully saturated rings. The first-order valence-corrected chi connectivity index (χ1v) is 12.8. The van der Waals surface area contributed by atoms with Crippen molar-refractivity contribution in [1.29, 1.82) is 0 Å². The number of halogens is 2. The summed E-state index contributed by atoms with van der Waals surface area (Å²) in [6, 6.07) is 6.45. The molecule has 0 unspecified atom stereocenters. The lowest BCUT2D eigenvalue weighted by Crippen LogP contribution is -2.26. The summed E-state index contributed by atoms with van der Waals surface area (Å²) in [6.07, 6.45) is 3.00. The molecule has 2 amide bonds. The highest BCUT2D eigenvalue weighted by atomic mass is 35.5. The largest absolute Gasteiger partial charge is 0.494 e. The van der Waals surface area contributed by atoms with E-state index in [0.29, 0.717) is 44.8 Å². The Morgan fingerprint density at radius 1 is 1.00 bits per heavy atom. The lowest BCUT2D eigenvalue weighted by Gasteiger charge is -2.15. The molecule has 0 aromatic carbocycles. The quantitative estimate of drug-likeness (QED) is 0.320. The number of carbonyl (C=O) groups is 2. The van der Waals surface area contributed by atoms with Gasteiger partial charge in [-0.2, -0.15) is 0 Å². The van der Waals surface area contributed by atoms with E-state index < -0.39 is 5.91 Å². The number of thiazole rings is 1. The number of rotatable bonds is 6. The number of nitrogens with zero attached hydrogens (tertiary/aromatic N) is 5. The van der Waals surface area contributed by atoms with E-state index >= 15 is 0 Å². The fourth-order valence-electron chi connectivity index (χ4n) is 4.01. The van der Waals surface area contributed by atoms with Gasteiger partial charge in [0.05, 0.1) is 49.6 Å². The number of hydrogen-bond acceptors (Lipinski definition) is 9. The zero-order valence-electron chi connectivity index (χ0n) is 20.4. The number of aromatic nitrogens is 4. The van der Waals surface area contributed by atoms with Crippen LogP contribution in [0.25, 0.3) is 11.1 Å². The molecule has 5 heterocycles. The Kier molecular flexibility index (Phi) is 7.15. The Bertz CT molecular complexity index is 1550. The molecule has 0 spiro atoms. The molecule has 0 radical (unpaired) electrons. The number of nitrogens with one attached hydrogen (secondary N) is 1. The number of pyridine rings is 3. The fourth-order valence-corrected chi connectivity index (χ4v) is 5.34. The molecule has 1 aliphatic rings. The van der Waals surface area contributed by atoms with E-state index in [2.05, 4.69) is 25.3 Å². The molecule has 0 saturated carbocycles. The number of amides is 2. The summed E-state index contributed by atoms with van der Waals surface area (Å²) < 4.78 is 10.5. The van der Waals surface area contributed by atoms with Gasteiger partial charge in [0.2, 0.25) is 5.88 Å². The van der Waals surface area contributed by atoms with Crippen LogP contribution >= 0.6 is 34.5 Å². The van der Waals surface area contributed by atoms with Crippen molar-refractivity contribution in [3.8, 4) is 22.8 Å². The molecule has 0 aliphatic carbocycles. The Morgan fingerprint density at radius 2 is 1.82 bits per heavy atom. The first-order valence-electron chi connectivity index (χ1n) is 11.2. The van der Waals surface area contributed by atoms with Gasteiger partial charge in [0.1, 0.15) is 16.6 Å². The van der Waals surface area contributed by atoms with Crippen LogP contribution in [0.15, 0.2) is 36.7 Å². The van der Waals surface area contributed by atoms with Crippen molar-refractivity contribution < 1.29 is 19.1 Å². The first kappa shape index (κ1) is 25.8. The van der Waals surface area contributed by atoms with Crippen molar-refractivity contribution in [2.24, 2.45) is 0 Å². The summed E-state index contributed by atoms with van der Waals surface area (Å²) in [5.74, 6) is 0.0494. The summed E-state index contributed by atoms with van der Waals surface area (Å²) in [5, 5.41) is 3.90. The van der Waals surface area contributed by atoms with Crippen LogP contribution in [0.1, 0.15) is 37.1 Å². The summed E-state index contributed by atoms with van der Waals surface area (Å²) in [4.78, 5) is 45.9. The summed E-state index contributed by atoms with van der Waals surface area (Å²) in [6.45, 7) is 2.44. The van der Waals surface area contributed by atoms with Crippen molar-refractivity contribution in [2.45, 2.75) is 20.0 Å². The Morgan fingerprint density at radius 3 is 2.55 bits per heavy atom. The van der Waals surface area contributed by atoms with Crippen LogP contribution in [-0.2, 0) is 13.1 Å². The minimum absolute atomic E-state index is 0.184. The molecule has 194 valence electrons. The van der Waals surface area contributed by atoms with Gasteiger partial charge >= 0.3 is 0 Å². The van der Waals surface area contributed by atoms with E-state index in [9.17, 15) is 9.59 Å². The van der Waals surface area contributed by atoms with Crippen LogP contribution in [0, 0.1) is 6.92 Å². The van der Waals surface area contributed by atoms with Crippen LogP contribution in [0.5, 0.6) is 11.6 Å². The molecule has 0 saturated heterocycles. The number of anilines is 1. The topological polar surface area (TPSA) is 119 Å². The highest BCUT2D eigenvalue weighted by Gasteiger charge is 2.30. The average Bonchev–Trinajstić information content (AvgIpc) is 3.46. The smallest absolute Gasteiger partial charge is 0.273 e. The van der Waals surface area contributed by atoms with Gasteiger partial charge in [-0.3, -0.25) is 19.9 Å². The standard InChI is InChI=1S/C25H20Cl2N6O4S/c1-12-4-14(15-7-21(27)29-9-19(15)36-2)16(8-28-12)23(34)32-25-31-18-10-33(11-20(18)38-25)24(35)17-5-13(26)6-22(30-17)37-3/h4-9H,10-11H2,1-3H3,(H,31,32,34). The van der Waals surface area contributed by atoms with Gasteiger partial charge in [0.25, 0.3) is 11.8 Å². The maximum atomic E-state index is 13.3. The van der Waals surface area contributed by atoms with E-state index in [0.717, 1.165) is 10.6 Å². The van der Waals surface area contributed by atoms with Crippen molar-refractivity contribution in [1.82, 2.24) is 24.8 Å². The van der Waals surface area contributed by atoms with Gasteiger partial charge in [-0.15, -0.1) is 0 Å². The van der Waals surface area contributed by atoms with E-state index in [1.54, 1.807) is 17.0 Å². The number of carbonyl (C=O) groups excluding carboxylic acids is 2. The third-order valence-electron chi connectivity index (χ3n) is 5.79. The predicted molar refractivity (Wildman–Crippen MR) is 143 cm³/mol. The lowest BCUT2D eigenvalue weighted by molar-refractivity contribution is 0.0744. The highest BCUT2D eigenvalue weighted by Crippen LogP contribution is 2.35. The predicted octanol–water partition coefficient (Wildman–Crippen LogP) is 5.04. The number of aryl methyl sites for hydroxylation is 1.